The van der Waals surface area contributed by atoms with Gasteiger partial charge in [-0.3, -0.25) is 0 Å². The minimum Gasteiger partial charge on any atom is -0.489 e. The number of carboxylic acids is 1. The second-order valence-electron chi connectivity index (χ2n) is 5.30. The fourth-order valence-corrected chi connectivity index (χ4v) is 2.63. The lowest BCUT2D eigenvalue weighted by atomic mass is 10.1. The number of aromatic carboxylic acids is 1. The fraction of sp³-hybridized carbons (Fsp3) is 0.235. The van der Waals surface area contributed by atoms with Crippen LogP contribution in [0.1, 0.15) is 39.5 Å². The van der Waals surface area contributed by atoms with E-state index in [4.69, 9.17) is 15.6 Å². The number of aryl methyl sites for hydroxylation is 1. The lowest BCUT2D eigenvalue weighted by molar-refractivity contribution is 0.0697. The summed E-state index contributed by atoms with van der Waals surface area (Å²) in [6, 6.07) is 12.9. The van der Waals surface area contributed by atoms with Crippen molar-refractivity contribution in [1.82, 2.24) is 0 Å². The van der Waals surface area contributed by atoms with Gasteiger partial charge in [-0.25, -0.2) is 4.79 Å². The van der Waals surface area contributed by atoms with E-state index in [-0.39, 0.29) is 11.6 Å². The number of rotatable bonds is 4. The van der Waals surface area contributed by atoms with E-state index < -0.39 is 5.97 Å². The summed E-state index contributed by atoms with van der Waals surface area (Å²) < 4.78 is 5.76. The van der Waals surface area contributed by atoms with Crippen LogP contribution < -0.4 is 10.5 Å². The second-order valence-corrected chi connectivity index (χ2v) is 5.30. The SMILES string of the molecule is N[C@@H]1CCc2cc(OCc3ccc(C(=O)O)cc3)ccc21. The summed E-state index contributed by atoms with van der Waals surface area (Å²) in [6.45, 7) is 0.421. The van der Waals surface area contributed by atoms with Gasteiger partial charge in [-0.05, 0) is 53.8 Å². The molecule has 3 N–H and O–H groups in total. The molecule has 0 radical (unpaired) electrons. The van der Waals surface area contributed by atoms with Gasteiger partial charge in [0, 0.05) is 6.04 Å². The first-order valence-electron chi connectivity index (χ1n) is 6.97. The molecule has 1 atom stereocenters. The Hall–Kier alpha value is -2.33. The minimum absolute atomic E-state index is 0.151. The zero-order valence-corrected chi connectivity index (χ0v) is 11.6. The van der Waals surface area contributed by atoms with Gasteiger partial charge < -0.3 is 15.6 Å². The number of carboxylic acid groups (broad SMARTS) is 1. The Morgan fingerprint density at radius 2 is 2.00 bits per heavy atom. The largest absolute Gasteiger partial charge is 0.489 e. The van der Waals surface area contributed by atoms with Gasteiger partial charge in [0.05, 0.1) is 5.56 Å². The average molecular weight is 283 g/mol. The van der Waals surface area contributed by atoms with E-state index in [1.165, 1.54) is 11.1 Å². The van der Waals surface area contributed by atoms with Crippen molar-refractivity contribution in [2.24, 2.45) is 5.73 Å². The van der Waals surface area contributed by atoms with E-state index in [9.17, 15) is 4.79 Å². The molecule has 0 spiro atoms. The molecule has 0 fully saturated rings. The molecule has 0 saturated heterocycles. The smallest absolute Gasteiger partial charge is 0.335 e. The van der Waals surface area contributed by atoms with Gasteiger partial charge in [0.15, 0.2) is 0 Å². The number of ether oxygens (including phenoxy) is 1. The maximum atomic E-state index is 10.8. The molecule has 2 aromatic carbocycles. The summed E-state index contributed by atoms with van der Waals surface area (Å²) in [5.74, 6) is -0.0948. The highest BCUT2D eigenvalue weighted by Crippen LogP contribution is 2.32. The number of hydrogen-bond acceptors (Lipinski definition) is 3. The Kier molecular flexibility index (Phi) is 3.62. The van der Waals surface area contributed by atoms with Crippen LogP contribution in [0, 0.1) is 0 Å². The maximum Gasteiger partial charge on any atom is 0.335 e. The van der Waals surface area contributed by atoms with E-state index in [1.54, 1.807) is 24.3 Å². The predicted octanol–water partition coefficient (Wildman–Crippen LogP) is 2.91. The molecule has 1 aliphatic carbocycles. The second kappa shape index (κ2) is 5.58. The molecule has 0 heterocycles. The molecule has 3 rings (SSSR count). The van der Waals surface area contributed by atoms with Crippen molar-refractivity contribution in [3.8, 4) is 5.75 Å². The molecule has 0 amide bonds. The Morgan fingerprint density at radius 3 is 2.71 bits per heavy atom. The number of benzene rings is 2. The van der Waals surface area contributed by atoms with Gasteiger partial charge in [-0.1, -0.05) is 18.2 Å². The Labute approximate surface area is 123 Å². The standard InChI is InChI=1S/C17H17NO3/c18-16-8-5-13-9-14(6-7-15(13)16)21-10-11-1-3-12(4-2-11)17(19)20/h1-4,6-7,9,16H,5,8,10,18H2,(H,19,20)/t16-/m1/s1. The first kappa shape index (κ1) is 13.6. The molecule has 0 saturated carbocycles. The normalized spacial score (nSPS) is 16.5. The first-order valence-corrected chi connectivity index (χ1v) is 6.97. The molecule has 0 aliphatic heterocycles. The third-order valence-corrected chi connectivity index (χ3v) is 3.84. The predicted molar refractivity (Wildman–Crippen MR) is 79.4 cm³/mol. The van der Waals surface area contributed by atoms with E-state index in [0.717, 1.165) is 24.2 Å². The van der Waals surface area contributed by atoms with Gasteiger partial charge in [-0.15, -0.1) is 0 Å². The molecule has 2 aromatic rings. The summed E-state index contributed by atoms with van der Waals surface area (Å²) in [5.41, 5.74) is 9.72. The van der Waals surface area contributed by atoms with Crippen LogP contribution in [0.2, 0.25) is 0 Å². The Balaban J connectivity index is 1.66. The molecule has 21 heavy (non-hydrogen) atoms. The van der Waals surface area contributed by atoms with Gasteiger partial charge in [0.25, 0.3) is 0 Å². The highest BCUT2D eigenvalue weighted by Gasteiger charge is 2.19. The number of nitrogens with two attached hydrogens (primary N) is 1. The zero-order chi connectivity index (χ0) is 14.8. The van der Waals surface area contributed by atoms with E-state index in [2.05, 4.69) is 0 Å². The summed E-state index contributed by atoms with van der Waals surface area (Å²) >= 11 is 0. The first-order chi connectivity index (χ1) is 10.1. The zero-order valence-electron chi connectivity index (χ0n) is 11.6. The third kappa shape index (κ3) is 2.90. The monoisotopic (exact) mass is 283 g/mol. The Morgan fingerprint density at radius 1 is 1.24 bits per heavy atom. The van der Waals surface area contributed by atoms with Crippen LogP contribution in [0.4, 0.5) is 0 Å². The van der Waals surface area contributed by atoms with Crippen molar-refractivity contribution < 1.29 is 14.6 Å². The van der Waals surface area contributed by atoms with Gasteiger partial charge in [0.2, 0.25) is 0 Å². The molecule has 0 aromatic heterocycles. The van der Waals surface area contributed by atoms with Crippen LogP contribution in [-0.2, 0) is 13.0 Å². The topological polar surface area (TPSA) is 72.5 Å². The lowest BCUT2D eigenvalue weighted by Gasteiger charge is -2.09. The molecule has 4 heteroatoms. The van der Waals surface area contributed by atoms with Crippen LogP contribution >= 0.6 is 0 Å². The molecule has 4 nitrogen and oxygen atoms in total. The van der Waals surface area contributed by atoms with Gasteiger partial charge in [-0.2, -0.15) is 0 Å². The molecule has 108 valence electrons. The Bertz CT molecular complexity index is 664. The lowest BCUT2D eigenvalue weighted by Crippen LogP contribution is -2.05. The summed E-state index contributed by atoms with van der Waals surface area (Å²) in [5, 5.41) is 8.85. The third-order valence-electron chi connectivity index (χ3n) is 3.84. The van der Waals surface area contributed by atoms with Crippen molar-refractivity contribution >= 4 is 5.97 Å². The molecule has 0 unspecified atom stereocenters. The fourth-order valence-electron chi connectivity index (χ4n) is 2.63. The summed E-state index contributed by atoms with van der Waals surface area (Å²) in [6.07, 6.45) is 2.00. The number of carbonyl (C=O) groups is 1. The van der Waals surface area contributed by atoms with Crippen LogP contribution in [0.25, 0.3) is 0 Å². The summed E-state index contributed by atoms with van der Waals surface area (Å²) in [4.78, 5) is 10.8. The van der Waals surface area contributed by atoms with E-state index in [1.807, 2.05) is 18.2 Å². The van der Waals surface area contributed by atoms with E-state index >= 15 is 0 Å². The molecular formula is C17H17NO3. The number of hydrogen-bond donors (Lipinski definition) is 2. The van der Waals surface area contributed by atoms with Crippen molar-refractivity contribution in [3.63, 3.8) is 0 Å². The molecular weight excluding hydrogens is 266 g/mol. The van der Waals surface area contributed by atoms with Gasteiger partial charge >= 0.3 is 5.97 Å². The maximum absolute atomic E-state index is 10.8. The van der Waals surface area contributed by atoms with Crippen molar-refractivity contribution in [2.75, 3.05) is 0 Å². The van der Waals surface area contributed by atoms with Crippen molar-refractivity contribution in [1.29, 1.82) is 0 Å². The van der Waals surface area contributed by atoms with Crippen LogP contribution in [-0.4, -0.2) is 11.1 Å². The highest BCUT2D eigenvalue weighted by molar-refractivity contribution is 5.87. The number of fused-ring (bicyclic) bond motifs is 1. The van der Waals surface area contributed by atoms with Crippen molar-refractivity contribution in [2.45, 2.75) is 25.5 Å². The molecule has 0 bridgehead atoms. The molecule has 1 aliphatic rings. The highest BCUT2D eigenvalue weighted by atomic mass is 16.5. The van der Waals surface area contributed by atoms with Crippen LogP contribution in [0.15, 0.2) is 42.5 Å². The van der Waals surface area contributed by atoms with E-state index in [0.29, 0.717) is 6.61 Å². The minimum atomic E-state index is -0.919. The van der Waals surface area contributed by atoms with Crippen molar-refractivity contribution in [3.05, 3.63) is 64.7 Å². The van der Waals surface area contributed by atoms with Crippen LogP contribution in [0.3, 0.4) is 0 Å². The average Bonchev–Trinajstić information content (AvgIpc) is 2.86. The quantitative estimate of drug-likeness (QED) is 0.905. The van der Waals surface area contributed by atoms with Crippen LogP contribution in [0.5, 0.6) is 5.75 Å². The van der Waals surface area contributed by atoms with Gasteiger partial charge in [0.1, 0.15) is 12.4 Å². The summed E-state index contributed by atoms with van der Waals surface area (Å²) in [7, 11) is 0.